The van der Waals surface area contributed by atoms with Crippen LogP contribution in [0.5, 0.6) is 11.5 Å². The van der Waals surface area contributed by atoms with Crippen molar-refractivity contribution in [1.82, 2.24) is 4.98 Å². The first-order valence-corrected chi connectivity index (χ1v) is 8.64. The lowest BCUT2D eigenvalue weighted by atomic mass is 10.1. The van der Waals surface area contributed by atoms with Crippen LogP contribution in [0, 0.1) is 18.3 Å². The summed E-state index contributed by atoms with van der Waals surface area (Å²) in [5.41, 5.74) is 5.34. The van der Waals surface area contributed by atoms with Crippen LogP contribution in [0.1, 0.15) is 16.8 Å². The van der Waals surface area contributed by atoms with E-state index in [0.717, 1.165) is 11.1 Å². The van der Waals surface area contributed by atoms with Crippen LogP contribution in [-0.2, 0) is 0 Å². The van der Waals surface area contributed by atoms with Crippen molar-refractivity contribution in [2.45, 2.75) is 6.92 Å². The highest BCUT2D eigenvalue weighted by molar-refractivity contribution is 9.10. The number of hydrogen-bond donors (Lipinski definition) is 2. The Labute approximate surface area is 164 Å². The van der Waals surface area contributed by atoms with Crippen molar-refractivity contribution < 1.29 is 14.3 Å². The highest BCUT2D eigenvalue weighted by atomic mass is 79.9. The summed E-state index contributed by atoms with van der Waals surface area (Å²) in [6, 6.07) is 12.9. The molecular weight excluding hydrogens is 412 g/mol. The van der Waals surface area contributed by atoms with Gasteiger partial charge in [0.2, 0.25) is 11.6 Å². The molecule has 0 saturated heterocycles. The number of nitrogens with one attached hydrogen (secondary N) is 1. The first-order chi connectivity index (χ1) is 13.0. The Morgan fingerprint density at radius 1 is 1.33 bits per heavy atom. The topological polar surface area (TPSA) is 104 Å². The minimum Gasteiger partial charge on any atom is -0.503 e. The summed E-state index contributed by atoms with van der Waals surface area (Å²) in [6.45, 7) is 1.98. The number of halogens is 1. The first-order valence-electron chi connectivity index (χ1n) is 7.85. The Morgan fingerprint density at radius 3 is 2.74 bits per heavy atom. The van der Waals surface area contributed by atoms with Gasteiger partial charge in [-0.05, 0) is 52.7 Å². The molecule has 7 nitrogen and oxygen atoms in total. The number of methoxy groups -OCH3 is 1. The van der Waals surface area contributed by atoms with Crippen LogP contribution < -0.4 is 10.2 Å². The molecule has 1 aromatic heterocycles. The molecule has 3 rings (SSSR count). The molecule has 0 aliphatic rings. The summed E-state index contributed by atoms with van der Waals surface area (Å²) < 4.78 is 11.2. The number of hydrazone groups is 1. The van der Waals surface area contributed by atoms with E-state index in [-0.39, 0.29) is 17.3 Å². The summed E-state index contributed by atoms with van der Waals surface area (Å²) in [6.07, 6.45) is 1.50. The number of phenolic OH excluding ortho intramolecular Hbond substituents is 1. The van der Waals surface area contributed by atoms with E-state index >= 15 is 0 Å². The maximum absolute atomic E-state index is 9.83. The molecule has 0 aliphatic heterocycles. The van der Waals surface area contributed by atoms with Gasteiger partial charge in [0.15, 0.2) is 11.5 Å². The molecule has 0 radical (unpaired) electrons. The van der Waals surface area contributed by atoms with Crippen LogP contribution in [0.15, 0.2) is 50.4 Å². The van der Waals surface area contributed by atoms with Gasteiger partial charge in [0.05, 0.1) is 17.8 Å². The lowest BCUT2D eigenvalue weighted by Crippen LogP contribution is -1.93. The molecule has 3 aromatic rings. The number of rotatable bonds is 5. The second-order valence-electron chi connectivity index (χ2n) is 5.60. The molecule has 2 aromatic carbocycles. The number of hydrogen-bond acceptors (Lipinski definition) is 7. The fraction of sp³-hybridized carbons (Fsp3) is 0.105. The van der Waals surface area contributed by atoms with Crippen molar-refractivity contribution in [3.63, 3.8) is 0 Å². The fourth-order valence-electron chi connectivity index (χ4n) is 2.28. The van der Waals surface area contributed by atoms with Crippen molar-refractivity contribution in [2.75, 3.05) is 12.5 Å². The molecule has 0 bridgehead atoms. The van der Waals surface area contributed by atoms with Crippen molar-refractivity contribution in [2.24, 2.45) is 5.10 Å². The first kappa shape index (κ1) is 18.5. The van der Waals surface area contributed by atoms with E-state index in [1.54, 1.807) is 12.1 Å². The number of nitrogens with zero attached hydrogens (tertiary/aromatic N) is 3. The fourth-order valence-corrected chi connectivity index (χ4v) is 2.74. The lowest BCUT2D eigenvalue weighted by Gasteiger charge is -2.06. The summed E-state index contributed by atoms with van der Waals surface area (Å²) in [4.78, 5) is 4.18. The van der Waals surface area contributed by atoms with Gasteiger partial charge >= 0.3 is 0 Å². The molecule has 0 amide bonds. The second kappa shape index (κ2) is 7.93. The van der Waals surface area contributed by atoms with Crippen LogP contribution in [0.4, 0.5) is 5.88 Å². The third-order valence-electron chi connectivity index (χ3n) is 3.68. The standard InChI is InChI=1S/C19H15BrN4O3/c1-11-3-5-13(6-4-11)18-23-15(9-21)19(27-18)24-22-10-12-7-14(20)17(25)16(8-12)26-2/h3-8,10,24-25H,1-2H3/b22-10-. The zero-order valence-corrected chi connectivity index (χ0v) is 16.1. The minimum absolute atomic E-state index is 0.00681. The van der Waals surface area contributed by atoms with E-state index in [1.807, 2.05) is 37.3 Å². The smallest absolute Gasteiger partial charge is 0.252 e. The summed E-state index contributed by atoms with van der Waals surface area (Å²) in [5.74, 6) is 0.796. The molecule has 0 aliphatic carbocycles. The second-order valence-corrected chi connectivity index (χ2v) is 6.45. The number of phenols is 1. The molecule has 0 saturated carbocycles. The normalized spacial score (nSPS) is 10.7. The van der Waals surface area contributed by atoms with Gasteiger partial charge in [0, 0.05) is 5.56 Å². The number of aromatic hydroxyl groups is 1. The molecule has 8 heteroatoms. The van der Waals surface area contributed by atoms with Crippen molar-refractivity contribution in [3.8, 4) is 29.0 Å². The third-order valence-corrected chi connectivity index (χ3v) is 4.29. The largest absolute Gasteiger partial charge is 0.503 e. The van der Waals surface area contributed by atoms with Crippen molar-refractivity contribution in [3.05, 3.63) is 57.7 Å². The highest BCUT2D eigenvalue weighted by Gasteiger charge is 2.14. The van der Waals surface area contributed by atoms with Crippen LogP contribution >= 0.6 is 15.9 Å². The molecular formula is C19H15BrN4O3. The maximum atomic E-state index is 9.83. The van der Waals surface area contributed by atoms with Gasteiger partial charge in [0.25, 0.3) is 5.88 Å². The Kier molecular flexibility index (Phi) is 5.43. The van der Waals surface area contributed by atoms with Gasteiger partial charge < -0.3 is 14.3 Å². The molecule has 0 unspecified atom stereocenters. The average molecular weight is 427 g/mol. The van der Waals surface area contributed by atoms with Crippen LogP contribution in [0.3, 0.4) is 0 Å². The maximum Gasteiger partial charge on any atom is 0.252 e. The number of ether oxygens (including phenoxy) is 1. The molecule has 136 valence electrons. The van der Waals surface area contributed by atoms with Gasteiger partial charge in [-0.1, -0.05) is 17.7 Å². The van der Waals surface area contributed by atoms with Gasteiger partial charge in [0.1, 0.15) is 6.07 Å². The summed E-state index contributed by atoms with van der Waals surface area (Å²) in [7, 11) is 1.46. The number of oxazole rings is 1. The highest BCUT2D eigenvalue weighted by Crippen LogP contribution is 2.34. The van der Waals surface area contributed by atoms with E-state index in [9.17, 15) is 10.4 Å². The van der Waals surface area contributed by atoms with Gasteiger partial charge in [-0.15, -0.1) is 0 Å². The predicted molar refractivity (Wildman–Crippen MR) is 105 cm³/mol. The Morgan fingerprint density at radius 2 is 2.07 bits per heavy atom. The van der Waals surface area contributed by atoms with Gasteiger partial charge in [-0.2, -0.15) is 15.3 Å². The van der Waals surface area contributed by atoms with Crippen LogP contribution in [0.2, 0.25) is 0 Å². The van der Waals surface area contributed by atoms with E-state index in [2.05, 4.69) is 31.4 Å². The number of aromatic nitrogens is 1. The molecule has 2 N–H and O–H groups in total. The number of anilines is 1. The molecule has 0 spiro atoms. The van der Waals surface area contributed by atoms with E-state index in [4.69, 9.17) is 9.15 Å². The summed E-state index contributed by atoms with van der Waals surface area (Å²) in [5, 5.41) is 23.2. The zero-order valence-electron chi connectivity index (χ0n) is 14.5. The predicted octanol–water partition coefficient (Wildman–Crippen LogP) is 4.44. The quantitative estimate of drug-likeness (QED) is 0.461. The SMILES string of the molecule is COc1cc(/C=N\Nc2oc(-c3ccc(C)cc3)nc2C#N)cc(Br)c1O. The van der Waals surface area contributed by atoms with Crippen LogP contribution in [0.25, 0.3) is 11.5 Å². The van der Waals surface area contributed by atoms with E-state index in [1.165, 1.54) is 13.3 Å². The van der Waals surface area contributed by atoms with Crippen molar-refractivity contribution >= 4 is 28.0 Å². The van der Waals surface area contributed by atoms with Crippen LogP contribution in [-0.4, -0.2) is 23.4 Å². The number of aryl methyl sites for hydroxylation is 1. The van der Waals surface area contributed by atoms with Crippen molar-refractivity contribution in [1.29, 1.82) is 5.26 Å². The number of nitriles is 1. The Hall–Kier alpha value is -3.31. The molecule has 27 heavy (non-hydrogen) atoms. The molecule has 1 heterocycles. The Balaban J connectivity index is 1.82. The van der Waals surface area contributed by atoms with Gasteiger partial charge in [-0.3, -0.25) is 0 Å². The molecule has 0 fully saturated rings. The third kappa shape index (κ3) is 4.10. The minimum atomic E-state index is 0.00681. The lowest BCUT2D eigenvalue weighted by molar-refractivity contribution is 0.372. The number of benzene rings is 2. The van der Waals surface area contributed by atoms with E-state index in [0.29, 0.717) is 21.7 Å². The Bertz CT molecular complexity index is 1040. The monoisotopic (exact) mass is 426 g/mol. The summed E-state index contributed by atoms with van der Waals surface area (Å²) >= 11 is 3.25. The van der Waals surface area contributed by atoms with E-state index < -0.39 is 0 Å². The van der Waals surface area contributed by atoms with Gasteiger partial charge in [-0.25, -0.2) is 5.43 Å². The average Bonchev–Trinajstić information content (AvgIpc) is 3.08. The molecule has 0 atom stereocenters. The zero-order chi connectivity index (χ0) is 19.4.